The van der Waals surface area contributed by atoms with Gasteiger partial charge >= 0.3 is 6.09 Å². The van der Waals surface area contributed by atoms with Crippen molar-refractivity contribution in [2.45, 2.75) is 43.6 Å². The quantitative estimate of drug-likeness (QED) is 0.827. The highest BCUT2D eigenvalue weighted by Crippen LogP contribution is 2.49. The lowest BCUT2D eigenvalue weighted by Crippen LogP contribution is -2.53. The number of amides is 1. The van der Waals surface area contributed by atoms with Gasteiger partial charge in [0.1, 0.15) is 6.61 Å². The fourth-order valence-corrected chi connectivity index (χ4v) is 5.93. The number of aliphatic hydroxyl groups excluding tert-OH is 1. The Bertz CT molecular complexity index is 849. The summed E-state index contributed by atoms with van der Waals surface area (Å²) in [7, 11) is 0. The minimum Gasteiger partial charge on any atom is -0.449 e. The maximum atomic E-state index is 12.7. The van der Waals surface area contributed by atoms with Gasteiger partial charge in [-0.05, 0) is 47.4 Å². The summed E-state index contributed by atoms with van der Waals surface area (Å²) in [6.07, 6.45) is 4.92. The summed E-state index contributed by atoms with van der Waals surface area (Å²) >= 11 is 0. The highest BCUT2D eigenvalue weighted by atomic mass is 16.5. The summed E-state index contributed by atoms with van der Waals surface area (Å²) in [5, 5.41) is 13.0. The van der Waals surface area contributed by atoms with E-state index in [1.165, 1.54) is 28.7 Å². The number of hydrogen-bond acceptors (Lipinski definition) is 3. The summed E-state index contributed by atoms with van der Waals surface area (Å²) in [5.41, 5.74) is 4.64. The Hall–Kier alpha value is -2.33. The van der Waals surface area contributed by atoms with Crippen molar-refractivity contribution >= 4 is 6.09 Å². The van der Waals surface area contributed by atoms with Crippen LogP contribution in [0.2, 0.25) is 0 Å². The Kier molecular flexibility index (Phi) is 4.39. The summed E-state index contributed by atoms with van der Waals surface area (Å²) in [4.78, 5) is 12.7. The zero-order valence-electron chi connectivity index (χ0n) is 16.1. The van der Waals surface area contributed by atoms with Crippen LogP contribution in [-0.2, 0) is 4.74 Å². The molecule has 3 atom stereocenters. The third-order valence-electron chi connectivity index (χ3n) is 7.20. The largest absolute Gasteiger partial charge is 0.449 e. The molecule has 3 aliphatic carbocycles. The normalized spacial score (nSPS) is 27.9. The molecule has 1 amide bonds. The monoisotopic (exact) mass is 377 g/mol. The van der Waals surface area contributed by atoms with Gasteiger partial charge in [0.25, 0.3) is 0 Å². The van der Waals surface area contributed by atoms with Crippen molar-refractivity contribution in [2.24, 2.45) is 11.8 Å². The first kappa shape index (κ1) is 17.7. The van der Waals surface area contributed by atoms with Gasteiger partial charge in [-0.1, -0.05) is 61.4 Å². The molecule has 0 saturated heterocycles. The fourth-order valence-electron chi connectivity index (χ4n) is 5.93. The van der Waals surface area contributed by atoms with Gasteiger partial charge in [-0.3, -0.25) is 0 Å². The molecule has 0 radical (unpaired) electrons. The molecular weight excluding hydrogens is 350 g/mol. The molecule has 0 heterocycles. The van der Waals surface area contributed by atoms with E-state index in [1.807, 2.05) is 12.1 Å². The molecule has 2 fully saturated rings. The predicted molar refractivity (Wildman–Crippen MR) is 108 cm³/mol. The third kappa shape index (κ3) is 2.82. The number of nitrogens with one attached hydrogen (secondary N) is 1. The van der Waals surface area contributed by atoms with Crippen molar-refractivity contribution < 1.29 is 14.6 Å². The first-order valence-corrected chi connectivity index (χ1v) is 10.4. The number of aliphatic hydroxyl groups is 1. The molecule has 146 valence electrons. The van der Waals surface area contributed by atoms with E-state index < -0.39 is 0 Å². The first-order valence-electron chi connectivity index (χ1n) is 10.4. The van der Waals surface area contributed by atoms with Gasteiger partial charge < -0.3 is 15.2 Å². The molecule has 0 spiro atoms. The zero-order valence-corrected chi connectivity index (χ0v) is 16.1. The van der Waals surface area contributed by atoms with Crippen LogP contribution < -0.4 is 5.32 Å². The van der Waals surface area contributed by atoms with Gasteiger partial charge in [0.2, 0.25) is 0 Å². The van der Waals surface area contributed by atoms with Crippen molar-refractivity contribution in [1.29, 1.82) is 0 Å². The van der Waals surface area contributed by atoms with Crippen LogP contribution in [0.4, 0.5) is 4.79 Å². The van der Waals surface area contributed by atoms with Gasteiger partial charge in [0.05, 0.1) is 0 Å². The van der Waals surface area contributed by atoms with Crippen LogP contribution in [0.3, 0.4) is 0 Å². The Balaban J connectivity index is 1.31. The van der Waals surface area contributed by atoms with Gasteiger partial charge in [-0.25, -0.2) is 4.79 Å². The molecule has 5 rings (SSSR count). The number of carbonyl (C=O) groups is 1. The Morgan fingerprint density at radius 2 is 1.79 bits per heavy atom. The molecule has 4 heteroatoms. The molecule has 0 aromatic heterocycles. The molecule has 2 saturated carbocycles. The van der Waals surface area contributed by atoms with Crippen LogP contribution >= 0.6 is 0 Å². The van der Waals surface area contributed by atoms with Crippen molar-refractivity contribution in [3.05, 3.63) is 59.7 Å². The number of hydrogen-bond donors (Lipinski definition) is 2. The number of benzene rings is 2. The van der Waals surface area contributed by atoms with Crippen molar-refractivity contribution in [2.75, 3.05) is 13.2 Å². The van der Waals surface area contributed by atoms with E-state index in [2.05, 4.69) is 41.7 Å². The smallest absolute Gasteiger partial charge is 0.407 e. The van der Waals surface area contributed by atoms with Crippen LogP contribution in [-0.4, -0.2) is 30.0 Å². The third-order valence-corrected chi connectivity index (χ3v) is 7.20. The fraction of sp³-hybridized carbons (Fsp3) is 0.458. The summed E-state index contributed by atoms with van der Waals surface area (Å²) in [5.74, 6) is 0.854. The van der Waals surface area contributed by atoms with Crippen molar-refractivity contribution in [3.8, 4) is 11.1 Å². The van der Waals surface area contributed by atoms with Gasteiger partial charge in [-0.15, -0.1) is 0 Å². The van der Waals surface area contributed by atoms with E-state index in [9.17, 15) is 9.90 Å². The molecule has 2 aromatic carbocycles. The molecule has 4 nitrogen and oxygen atoms in total. The summed E-state index contributed by atoms with van der Waals surface area (Å²) < 4.78 is 5.75. The van der Waals surface area contributed by atoms with E-state index >= 15 is 0 Å². The lowest BCUT2D eigenvalue weighted by atomic mass is 9.79. The molecule has 28 heavy (non-hydrogen) atoms. The first-order chi connectivity index (χ1) is 13.7. The van der Waals surface area contributed by atoms with Crippen LogP contribution in [0.1, 0.15) is 49.1 Å². The lowest BCUT2D eigenvalue weighted by molar-refractivity contribution is 0.0988. The van der Waals surface area contributed by atoms with E-state index in [1.54, 1.807) is 0 Å². The standard InChI is InChI=1S/C24H27NO3/c26-14-17-12-16-6-5-11-24(17,13-16)25-23(27)28-15-22-20-9-3-1-7-18(20)19-8-2-4-10-21(19)22/h1-4,7-10,16-17,22,26H,5-6,11-15H2,(H,25,27)/t16-,17+,24+/m1/s1. The topological polar surface area (TPSA) is 58.6 Å². The molecule has 0 aliphatic heterocycles. The van der Waals surface area contributed by atoms with Crippen LogP contribution in [0.5, 0.6) is 0 Å². The minimum atomic E-state index is -0.345. The number of ether oxygens (including phenoxy) is 1. The summed E-state index contributed by atoms with van der Waals surface area (Å²) in [6, 6.07) is 16.7. The minimum absolute atomic E-state index is 0.0759. The van der Waals surface area contributed by atoms with E-state index in [4.69, 9.17) is 4.74 Å². The van der Waals surface area contributed by atoms with Crippen molar-refractivity contribution in [1.82, 2.24) is 5.32 Å². The van der Waals surface area contributed by atoms with Gasteiger partial charge in [0, 0.05) is 24.0 Å². The molecule has 2 N–H and O–H groups in total. The maximum Gasteiger partial charge on any atom is 0.407 e. The molecular formula is C24H27NO3. The summed E-state index contributed by atoms with van der Waals surface area (Å²) in [6.45, 7) is 0.476. The Morgan fingerprint density at radius 1 is 1.11 bits per heavy atom. The molecule has 0 unspecified atom stereocenters. The van der Waals surface area contributed by atoms with E-state index in [-0.39, 0.29) is 30.1 Å². The lowest BCUT2D eigenvalue weighted by Gasteiger charge is -2.37. The average molecular weight is 377 g/mol. The second-order valence-corrected chi connectivity index (χ2v) is 8.68. The highest BCUT2D eigenvalue weighted by Gasteiger charge is 2.50. The van der Waals surface area contributed by atoms with E-state index in [0.717, 1.165) is 25.7 Å². The van der Waals surface area contributed by atoms with Crippen LogP contribution in [0.15, 0.2) is 48.5 Å². The van der Waals surface area contributed by atoms with E-state index in [0.29, 0.717) is 12.5 Å². The predicted octanol–water partition coefficient (Wildman–Crippen LogP) is 4.47. The van der Waals surface area contributed by atoms with Gasteiger partial charge in [0.15, 0.2) is 0 Å². The van der Waals surface area contributed by atoms with Crippen LogP contribution in [0.25, 0.3) is 11.1 Å². The van der Waals surface area contributed by atoms with Crippen LogP contribution in [0, 0.1) is 11.8 Å². The molecule has 2 aromatic rings. The number of rotatable bonds is 4. The second-order valence-electron chi connectivity index (χ2n) is 8.68. The number of fused-ring (bicyclic) bond motifs is 5. The highest BCUT2D eigenvalue weighted by molar-refractivity contribution is 5.79. The molecule has 2 bridgehead atoms. The van der Waals surface area contributed by atoms with Gasteiger partial charge in [-0.2, -0.15) is 0 Å². The second kappa shape index (κ2) is 6.93. The Labute approximate surface area is 165 Å². The Morgan fingerprint density at radius 3 is 2.46 bits per heavy atom. The SMILES string of the molecule is O=C(N[C@]12CCC[C@H](C[C@H]1CO)C2)OCC1c2ccccc2-c2ccccc21. The zero-order chi connectivity index (χ0) is 19.1. The number of carbonyl (C=O) groups excluding carboxylic acids is 1. The number of alkyl carbamates (subject to hydrolysis) is 1. The maximum absolute atomic E-state index is 12.7. The van der Waals surface area contributed by atoms with Crippen molar-refractivity contribution in [3.63, 3.8) is 0 Å². The molecule has 3 aliphatic rings. The average Bonchev–Trinajstić information content (AvgIpc) is 3.17.